The number of carboxylic acids is 1. The Bertz CT molecular complexity index is 1080. The van der Waals surface area contributed by atoms with E-state index in [9.17, 15) is 14.7 Å². The first-order valence-electron chi connectivity index (χ1n) is 12.2. The van der Waals surface area contributed by atoms with E-state index in [1.165, 1.54) is 0 Å². The summed E-state index contributed by atoms with van der Waals surface area (Å²) in [6.45, 7) is 2.55. The standard InChI is InChI=1S/C27H32N2O6.ClH/c1-33-21-3-2-4-22(17-21)35-23-9-14-29(18-23)27(12-15-34-16-13-27)25(32)28-26(10-11-26)20-7-5-19(6-8-20)24(30)31;/h2-8,17,23H,9-16,18H2,1H3,(H,28,32)(H,30,31);1H/t23-;/m1./s1. The summed E-state index contributed by atoms with van der Waals surface area (Å²) in [6, 6.07) is 14.5. The van der Waals surface area contributed by atoms with Crippen LogP contribution in [0.25, 0.3) is 0 Å². The van der Waals surface area contributed by atoms with E-state index < -0.39 is 17.0 Å². The molecule has 1 atom stereocenters. The van der Waals surface area contributed by atoms with Crippen LogP contribution in [0.4, 0.5) is 0 Å². The van der Waals surface area contributed by atoms with Crippen LogP contribution < -0.4 is 14.8 Å². The molecule has 0 radical (unpaired) electrons. The number of nitrogens with one attached hydrogen (secondary N) is 1. The Kier molecular flexibility index (Phi) is 7.78. The van der Waals surface area contributed by atoms with Crippen LogP contribution in [0.15, 0.2) is 48.5 Å². The molecule has 8 nitrogen and oxygen atoms in total. The van der Waals surface area contributed by atoms with Crippen molar-refractivity contribution in [2.45, 2.75) is 49.3 Å². The van der Waals surface area contributed by atoms with Crippen molar-refractivity contribution in [3.63, 3.8) is 0 Å². The van der Waals surface area contributed by atoms with Crippen molar-refractivity contribution in [1.29, 1.82) is 0 Å². The molecule has 2 aromatic carbocycles. The summed E-state index contributed by atoms with van der Waals surface area (Å²) < 4.78 is 17.2. The molecule has 9 heteroatoms. The molecule has 2 aromatic rings. The molecule has 2 N–H and O–H groups in total. The SMILES string of the molecule is COc1cccc(O[C@@H]2CCN(C3(C(=O)NC4(c5ccc(C(=O)O)cc5)CC4)CCOCC3)C2)c1.Cl. The first-order chi connectivity index (χ1) is 16.9. The quantitative estimate of drug-likeness (QED) is 0.553. The number of hydrogen-bond acceptors (Lipinski definition) is 6. The highest BCUT2D eigenvalue weighted by atomic mass is 35.5. The van der Waals surface area contributed by atoms with Gasteiger partial charge in [0.05, 0.1) is 18.2 Å². The highest BCUT2D eigenvalue weighted by molar-refractivity contribution is 5.89. The second kappa shape index (κ2) is 10.7. The molecule has 0 aromatic heterocycles. The smallest absolute Gasteiger partial charge is 0.335 e. The molecule has 36 heavy (non-hydrogen) atoms. The van der Waals surface area contributed by atoms with Gasteiger partial charge in [0, 0.05) is 32.4 Å². The van der Waals surface area contributed by atoms with E-state index in [1.807, 2.05) is 36.4 Å². The van der Waals surface area contributed by atoms with E-state index in [-0.39, 0.29) is 30.0 Å². The molecule has 3 aliphatic rings. The van der Waals surface area contributed by atoms with Crippen LogP contribution in [-0.4, -0.2) is 66.9 Å². The largest absolute Gasteiger partial charge is 0.497 e. The second-order valence-electron chi connectivity index (χ2n) is 9.72. The molecule has 0 unspecified atom stereocenters. The van der Waals surface area contributed by atoms with Gasteiger partial charge in [-0.05, 0) is 61.9 Å². The molecule has 2 saturated heterocycles. The number of halogens is 1. The van der Waals surface area contributed by atoms with Crippen molar-refractivity contribution in [3.05, 3.63) is 59.7 Å². The number of rotatable bonds is 8. The van der Waals surface area contributed by atoms with Crippen LogP contribution >= 0.6 is 12.4 Å². The minimum atomic E-state index is -0.952. The van der Waals surface area contributed by atoms with E-state index in [1.54, 1.807) is 19.2 Å². The van der Waals surface area contributed by atoms with Gasteiger partial charge in [0.1, 0.15) is 23.1 Å². The zero-order valence-corrected chi connectivity index (χ0v) is 21.2. The van der Waals surface area contributed by atoms with Gasteiger partial charge in [-0.1, -0.05) is 18.2 Å². The summed E-state index contributed by atoms with van der Waals surface area (Å²) in [7, 11) is 1.64. The lowest BCUT2D eigenvalue weighted by atomic mass is 9.86. The maximum Gasteiger partial charge on any atom is 0.335 e. The Morgan fingerprint density at radius 3 is 2.39 bits per heavy atom. The average Bonchev–Trinajstić information content (AvgIpc) is 3.52. The first-order valence-corrected chi connectivity index (χ1v) is 12.2. The van der Waals surface area contributed by atoms with E-state index in [0.29, 0.717) is 32.6 Å². The van der Waals surface area contributed by atoms with E-state index in [0.717, 1.165) is 42.9 Å². The van der Waals surface area contributed by atoms with Crippen molar-refractivity contribution in [3.8, 4) is 11.5 Å². The summed E-state index contributed by atoms with van der Waals surface area (Å²) in [4.78, 5) is 27.4. The van der Waals surface area contributed by atoms with Crippen LogP contribution in [0.5, 0.6) is 11.5 Å². The third-order valence-electron chi connectivity index (χ3n) is 7.62. The minimum absolute atomic E-state index is 0. The number of carboxylic acid groups (broad SMARTS) is 1. The Hall–Kier alpha value is -2.81. The molecule has 5 rings (SSSR count). The number of ether oxygens (including phenoxy) is 3. The van der Waals surface area contributed by atoms with Gasteiger partial charge in [-0.15, -0.1) is 12.4 Å². The number of benzene rings is 2. The van der Waals surface area contributed by atoms with Crippen molar-refractivity contribution < 1.29 is 28.9 Å². The van der Waals surface area contributed by atoms with Crippen LogP contribution in [0.3, 0.4) is 0 Å². The van der Waals surface area contributed by atoms with E-state index in [4.69, 9.17) is 14.2 Å². The summed E-state index contributed by atoms with van der Waals surface area (Å²) >= 11 is 0. The summed E-state index contributed by atoms with van der Waals surface area (Å²) in [6.07, 6.45) is 3.80. The van der Waals surface area contributed by atoms with Crippen molar-refractivity contribution in [2.24, 2.45) is 0 Å². The van der Waals surface area contributed by atoms with Crippen molar-refractivity contribution in [2.75, 3.05) is 33.4 Å². The van der Waals surface area contributed by atoms with Crippen LogP contribution in [0.1, 0.15) is 48.0 Å². The fourth-order valence-corrected chi connectivity index (χ4v) is 5.35. The molecule has 0 bridgehead atoms. The fourth-order valence-electron chi connectivity index (χ4n) is 5.35. The zero-order chi connectivity index (χ0) is 24.5. The fraction of sp³-hybridized carbons (Fsp3) is 0.481. The maximum absolute atomic E-state index is 13.9. The van der Waals surface area contributed by atoms with E-state index >= 15 is 0 Å². The normalized spacial score (nSPS) is 22.2. The monoisotopic (exact) mass is 516 g/mol. The Balaban J connectivity index is 0.00000304. The van der Waals surface area contributed by atoms with Gasteiger partial charge in [0.2, 0.25) is 5.91 Å². The summed E-state index contributed by atoms with van der Waals surface area (Å²) in [5.74, 6) is 0.598. The number of nitrogens with zero attached hydrogens (tertiary/aromatic N) is 1. The van der Waals surface area contributed by atoms with Crippen LogP contribution in [-0.2, 0) is 15.1 Å². The van der Waals surface area contributed by atoms with Gasteiger partial charge in [-0.2, -0.15) is 0 Å². The lowest BCUT2D eigenvalue weighted by Crippen LogP contribution is -2.62. The number of aromatic carboxylic acids is 1. The predicted molar refractivity (Wildman–Crippen MR) is 136 cm³/mol. The molecule has 1 aliphatic carbocycles. The minimum Gasteiger partial charge on any atom is -0.497 e. The van der Waals surface area contributed by atoms with Crippen molar-refractivity contribution in [1.82, 2.24) is 10.2 Å². The Morgan fingerprint density at radius 2 is 1.75 bits per heavy atom. The van der Waals surface area contributed by atoms with Gasteiger partial charge < -0.3 is 24.6 Å². The molecule has 0 spiro atoms. The number of amides is 1. The molecule has 2 heterocycles. The van der Waals surface area contributed by atoms with Gasteiger partial charge in [0.15, 0.2) is 0 Å². The third-order valence-corrected chi connectivity index (χ3v) is 7.62. The van der Waals surface area contributed by atoms with Crippen molar-refractivity contribution >= 4 is 24.3 Å². The summed E-state index contributed by atoms with van der Waals surface area (Å²) in [5, 5.41) is 12.6. The van der Waals surface area contributed by atoms with Crippen LogP contribution in [0.2, 0.25) is 0 Å². The number of carbonyl (C=O) groups is 2. The number of carbonyl (C=O) groups excluding carboxylic acids is 1. The number of methoxy groups -OCH3 is 1. The molecular weight excluding hydrogens is 484 g/mol. The second-order valence-corrected chi connectivity index (χ2v) is 9.72. The third kappa shape index (κ3) is 5.16. The zero-order valence-electron chi connectivity index (χ0n) is 20.4. The number of hydrogen-bond donors (Lipinski definition) is 2. The lowest BCUT2D eigenvalue weighted by Gasteiger charge is -2.43. The first kappa shape index (κ1) is 26.3. The topological polar surface area (TPSA) is 97.3 Å². The maximum atomic E-state index is 13.9. The van der Waals surface area contributed by atoms with Gasteiger partial charge in [-0.3, -0.25) is 9.69 Å². The lowest BCUT2D eigenvalue weighted by molar-refractivity contribution is -0.141. The highest BCUT2D eigenvalue weighted by Gasteiger charge is 2.53. The molecule has 194 valence electrons. The Labute approximate surface area is 217 Å². The highest BCUT2D eigenvalue weighted by Crippen LogP contribution is 2.46. The molecule has 1 saturated carbocycles. The molecule has 3 fully saturated rings. The number of likely N-dealkylation sites (tertiary alicyclic amines) is 1. The molecule has 2 aliphatic heterocycles. The summed E-state index contributed by atoms with van der Waals surface area (Å²) in [5.41, 5.74) is 0.145. The predicted octanol–water partition coefficient (Wildman–Crippen LogP) is 3.62. The Morgan fingerprint density at radius 1 is 1.06 bits per heavy atom. The van der Waals surface area contributed by atoms with Gasteiger partial charge in [-0.25, -0.2) is 4.79 Å². The van der Waals surface area contributed by atoms with E-state index in [2.05, 4.69) is 10.2 Å². The van der Waals surface area contributed by atoms with Crippen LogP contribution in [0, 0.1) is 0 Å². The molecular formula is C27H33ClN2O6. The average molecular weight is 517 g/mol. The molecule has 1 amide bonds. The van der Waals surface area contributed by atoms with Gasteiger partial charge >= 0.3 is 5.97 Å². The van der Waals surface area contributed by atoms with Gasteiger partial charge in [0.25, 0.3) is 0 Å².